The van der Waals surface area contributed by atoms with E-state index in [1.807, 2.05) is 26.8 Å². The number of ether oxygens (including phenoxy) is 2. The van der Waals surface area contributed by atoms with E-state index in [9.17, 15) is 5.11 Å². The minimum atomic E-state index is -0.529. The first-order valence-electron chi connectivity index (χ1n) is 6.47. The number of aromatic nitrogens is 1. The molecule has 1 fully saturated rings. The first-order chi connectivity index (χ1) is 8.56. The number of nitrogens with zero attached hydrogens (tertiary/aromatic N) is 1. The highest BCUT2D eigenvalue weighted by atomic mass is 16.5. The van der Waals surface area contributed by atoms with Gasteiger partial charge in [-0.15, -0.1) is 0 Å². The molecule has 1 aromatic heterocycles. The summed E-state index contributed by atoms with van der Waals surface area (Å²) in [5, 5.41) is 10.3. The molecule has 4 nitrogen and oxygen atoms in total. The third-order valence-corrected chi connectivity index (χ3v) is 3.12. The van der Waals surface area contributed by atoms with Crippen molar-refractivity contribution in [2.45, 2.75) is 45.5 Å². The topological polar surface area (TPSA) is 51.6 Å². The summed E-state index contributed by atoms with van der Waals surface area (Å²) in [4.78, 5) is 4.12. The van der Waals surface area contributed by atoms with Crippen LogP contribution in [0.25, 0.3) is 0 Å². The fourth-order valence-electron chi connectivity index (χ4n) is 2.28. The molecule has 100 valence electrons. The second kappa shape index (κ2) is 5.67. The smallest absolute Gasteiger partial charge is 0.138 e. The number of rotatable bonds is 4. The minimum absolute atomic E-state index is 0.106. The lowest BCUT2D eigenvalue weighted by molar-refractivity contribution is 0.0799. The van der Waals surface area contributed by atoms with Gasteiger partial charge in [-0.25, -0.2) is 0 Å². The molecule has 1 aromatic rings. The molecule has 2 rings (SSSR count). The molecule has 1 aliphatic heterocycles. The van der Waals surface area contributed by atoms with Crippen molar-refractivity contribution < 1.29 is 14.6 Å². The van der Waals surface area contributed by atoms with E-state index in [0.717, 1.165) is 12.0 Å². The Hall–Kier alpha value is -1.13. The molecule has 0 bridgehead atoms. The van der Waals surface area contributed by atoms with E-state index in [4.69, 9.17) is 9.47 Å². The third-order valence-electron chi connectivity index (χ3n) is 3.12. The Kier molecular flexibility index (Phi) is 4.19. The van der Waals surface area contributed by atoms with Gasteiger partial charge in [0.05, 0.1) is 31.1 Å². The second-order valence-corrected chi connectivity index (χ2v) is 5.21. The Labute approximate surface area is 108 Å². The van der Waals surface area contributed by atoms with Gasteiger partial charge in [0, 0.05) is 17.7 Å². The number of hydrogen-bond donors (Lipinski definition) is 1. The Morgan fingerprint density at radius 3 is 2.83 bits per heavy atom. The van der Waals surface area contributed by atoms with Crippen LogP contribution in [0.4, 0.5) is 0 Å². The lowest BCUT2D eigenvalue weighted by Gasteiger charge is -2.18. The van der Waals surface area contributed by atoms with Crippen LogP contribution in [0.15, 0.2) is 18.5 Å². The van der Waals surface area contributed by atoms with E-state index in [0.29, 0.717) is 12.4 Å². The van der Waals surface area contributed by atoms with E-state index >= 15 is 0 Å². The largest absolute Gasteiger partial charge is 0.489 e. The summed E-state index contributed by atoms with van der Waals surface area (Å²) >= 11 is 0. The van der Waals surface area contributed by atoms with Crippen molar-refractivity contribution in [2.75, 3.05) is 6.61 Å². The number of pyridine rings is 1. The van der Waals surface area contributed by atoms with Gasteiger partial charge >= 0.3 is 0 Å². The molecule has 0 radical (unpaired) electrons. The predicted molar refractivity (Wildman–Crippen MR) is 68.5 cm³/mol. The van der Waals surface area contributed by atoms with E-state index in [1.165, 1.54) is 0 Å². The van der Waals surface area contributed by atoms with Crippen molar-refractivity contribution in [2.24, 2.45) is 5.92 Å². The van der Waals surface area contributed by atoms with Crippen molar-refractivity contribution in [3.8, 4) is 5.75 Å². The Bertz CT molecular complexity index is 394. The summed E-state index contributed by atoms with van der Waals surface area (Å²) in [6.45, 7) is 6.58. The molecule has 2 heterocycles. The SMILES string of the molecule is CC(C)Oc1cncc(C(O)C2COC(C)C2)c1. The standard InChI is InChI=1S/C14H21NO3/c1-9(2)18-13-5-11(6-15-7-13)14(16)12-4-10(3)17-8-12/h5-7,9-10,12,14,16H,4,8H2,1-3H3. The van der Waals surface area contributed by atoms with Crippen LogP contribution in [0.3, 0.4) is 0 Å². The van der Waals surface area contributed by atoms with Crippen LogP contribution >= 0.6 is 0 Å². The van der Waals surface area contributed by atoms with Gasteiger partial charge in [0.15, 0.2) is 0 Å². The maximum atomic E-state index is 10.3. The van der Waals surface area contributed by atoms with Gasteiger partial charge < -0.3 is 14.6 Å². The molecule has 18 heavy (non-hydrogen) atoms. The van der Waals surface area contributed by atoms with Crippen molar-refractivity contribution in [3.05, 3.63) is 24.0 Å². The molecule has 4 heteroatoms. The average molecular weight is 251 g/mol. The summed E-state index contributed by atoms with van der Waals surface area (Å²) in [5.41, 5.74) is 0.802. The van der Waals surface area contributed by atoms with Crippen LogP contribution in [-0.2, 0) is 4.74 Å². The molecule has 1 saturated heterocycles. The fourth-order valence-corrected chi connectivity index (χ4v) is 2.28. The molecule has 0 aliphatic carbocycles. The Morgan fingerprint density at radius 2 is 2.22 bits per heavy atom. The zero-order valence-electron chi connectivity index (χ0n) is 11.2. The molecule has 0 spiro atoms. The van der Waals surface area contributed by atoms with Crippen LogP contribution in [0.1, 0.15) is 38.9 Å². The van der Waals surface area contributed by atoms with E-state index < -0.39 is 6.10 Å². The van der Waals surface area contributed by atoms with E-state index in [2.05, 4.69) is 4.98 Å². The highest BCUT2D eigenvalue weighted by Gasteiger charge is 2.29. The van der Waals surface area contributed by atoms with Crippen LogP contribution in [0.5, 0.6) is 5.75 Å². The Balaban J connectivity index is 2.07. The van der Waals surface area contributed by atoms with Gasteiger partial charge in [0.25, 0.3) is 0 Å². The van der Waals surface area contributed by atoms with Gasteiger partial charge in [-0.05, 0) is 33.3 Å². The number of aliphatic hydroxyl groups is 1. The maximum Gasteiger partial charge on any atom is 0.138 e. The fraction of sp³-hybridized carbons (Fsp3) is 0.643. The highest BCUT2D eigenvalue weighted by molar-refractivity contribution is 5.25. The summed E-state index contributed by atoms with van der Waals surface area (Å²) in [6.07, 6.45) is 4.06. The molecular formula is C14H21NO3. The first kappa shape index (κ1) is 13.3. The summed E-state index contributed by atoms with van der Waals surface area (Å²) in [5.74, 6) is 0.851. The van der Waals surface area contributed by atoms with Crippen molar-refractivity contribution in [1.29, 1.82) is 0 Å². The molecule has 0 amide bonds. The number of hydrogen-bond acceptors (Lipinski definition) is 4. The van der Waals surface area contributed by atoms with Gasteiger partial charge in [-0.2, -0.15) is 0 Å². The van der Waals surface area contributed by atoms with Crippen LogP contribution < -0.4 is 4.74 Å². The zero-order chi connectivity index (χ0) is 13.1. The molecule has 0 aromatic carbocycles. The average Bonchev–Trinajstić information content (AvgIpc) is 2.74. The van der Waals surface area contributed by atoms with Crippen LogP contribution in [0.2, 0.25) is 0 Å². The lowest BCUT2D eigenvalue weighted by Crippen LogP contribution is -2.13. The molecular weight excluding hydrogens is 230 g/mol. The van der Waals surface area contributed by atoms with Crippen LogP contribution in [-0.4, -0.2) is 28.9 Å². The number of aliphatic hydroxyl groups excluding tert-OH is 1. The normalized spacial score (nSPS) is 25.4. The molecule has 1 N–H and O–H groups in total. The van der Waals surface area contributed by atoms with Crippen LogP contribution in [0, 0.1) is 5.92 Å². The van der Waals surface area contributed by atoms with Gasteiger partial charge in [-0.1, -0.05) is 0 Å². The van der Waals surface area contributed by atoms with E-state index in [1.54, 1.807) is 12.4 Å². The highest BCUT2D eigenvalue weighted by Crippen LogP contribution is 2.32. The summed E-state index contributed by atoms with van der Waals surface area (Å²) < 4.78 is 11.1. The zero-order valence-corrected chi connectivity index (χ0v) is 11.2. The summed E-state index contributed by atoms with van der Waals surface area (Å²) in [7, 11) is 0. The lowest BCUT2D eigenvalue weighted by atomic mass is 9.94. The van der Waals surface area contributed by atoms with Gasteiger partial charge in [0.1, 0.15) is 5.75 Å². The summed E-state index contributed by atoms with van der Waals surface area (Å²) in [6, 6.07) is 1.86. The van der Waals surface area contributed by atoms with Crippen molar-refractivity contribution >= 4 is 0 Å². The maximum absolute atomic E-state index is 10.3. The molecule has 0 saturated carbocycles. The molecule has 1 aliphatic rings. The minimum Gasteiger partial charge on any atom is -0.489 e. The van der Waals surface area contributed by atoms with Crippen molar-refractivity contribution in [3.63, 3.8) is 0 Å². The predicted octanol–water partition coefficient (Wildman–Crippen LogP) is 2.33. The Morgan fingerprint density at radius 1 is 1.44 bits per heavy atom. The van der Waals surface area contributed by atoms with E-state index in [-0.39, 0.29) is 18.1 Å². The third kappa shape index (κ3) is 3.21. The van der Waals surface area contributed by atoms with Gasteiger partial charge in [-0.3, -0.25) is 4.98 Å². The first-order valence-corrected chi connectivity index (χ1v) is 6.47. The van der Waals surface area contributed by atoms with Gasteiger partial charge in [0.2, 0.25) is 0 Å². The second-order valence-electron chi connectivity index (χ2n) is 5.21. The quantitative estimate of drug-likeness (QED) is 0.892. The molecule has 3 unspecified atom stereocenters. The van der Waals surface area contributed by atoms with Crippen molar-refractivity contribution in [1.82, 2.24) is 4.98 Å². The molecule has 3 atom stereocenters. The monoisotopic (exact) mass is 251 g/mol.